The molecule has 0 radical (unpaired) electrons. The average Bonchev–Trinajstić information content (AvgIpc) is 2.79. The molecule has 2 unspecified atom stereocenters. The summed E-state index contributed by atoms with van der Waals surface area (Å²) in [4.78, 5) is 14.1. The molecule has 1 N–H and O–H groups in total. The van der Waals surface area contributed by atoms with Gasteiger partial charge in [-0.25, -0.2) is 0 Å². The van der Waals surface area contributed by atoms with E-state index >= 15 is 0 Å². The first-order valence-corrected chi connectivity index (χ1v) is 8.23. The average molecular weight is 299 g/mol. The highest BCUT2D eigenvalue weighted by atomic mass is 35.5. The lowest BCUT2D eigenvalue weighted by Crippen LogP contribution is -2.40. The molecule has 1 aromatic rings. The van der Waals surface area contributed by atoms with E-state index in [1.165, 1.54) is 0 Å². The molecule has 1 heterocycles. The Balaban J connectivity index is 2.23. The molecule has 1 saturated heterocycles. The van der Waals surface area contributed by atoms with Gasteiger partial charge in [0.25, 0.3) is 0 Å². The van der Waals surface area contributed by atoms with Gasteiger partial charge in [-0.15, -0.1) is 0 Å². The van der Waals surface area contributed by atoms with E-state index in [0.717, 1.165) is 22.8 Å². The molecule has 0 spiro atoms. The van der Waals surface area contributed by atoms with Crippen molar-refractivity contribution in [3.05, 3.63) is 34.9 Å². The molecule has 0 bridgehead atoms. The van der Waals surface area contributed by atoms with E-state index in [-0.39, 0.29) is 18.1 Å². The molecule has 0 aliphatic carbocycles. The van der Waals surface area contributed by atoms with Crippen LogP contribution >= 0.6 is 23.4 Å². The van der Waals surface area contributed by atoms with Gasteiger partial charge in [0.1, 0.15) is 6.17 Å². The minimum Gasteiger partial charge on any atom is -0.318 e. The highest BCUT2D eigenvalue weighted by Crippen LogP contribution is 2.28. The molecular formula is C14H19ClN2OS. The number of nitrogens with one attached hydrogen (secondary N) is 1. The Hall–Kier alpha value is -0.710. The fourth-order valence-electron chi connectivity index (χ4n) is 2.44. The zero-order valence-corrected chi connectivity index (χ0v) is 12.8. The third-order valence-corrected chi connectivity index (χ3v) is 4.39. The smallest absolute Gasteiger partial charge is 0.238 e. The number of halogens is 1. The number of benzene rings is 1. The molecule has 3 nitrogen and oxygen atoms in total. The van der Waals surface area contributed by atoms with Gasteiger partial charge in [-0.05, 0) is 30.4 Å². The SMILES string of the molecule is CCC(CSC)N1C(=O)CNC1c1ccc(Cl)cc1. The highest BCUT2D eigenvalue weighted by Gasteiger charge is 2.35. The van der Waals surface area contributed by atoms with Crippen LogP contribution in [-0.2, 0) is 4.79 Å². The second-order valence-electron chi connectivity index (χ2n) is 4.65. The molecule has 0 saturated carbocycles. The summed E-state index contributed by atoms with van der Waals surface area (Å²) in [7, 11) is 0. The van der Waals surface area contributed by atoms with Crippen molar-refractivity contribution in [3.8, 4) is 0 Å². The van der Waals surface area contributed by atoms with Crippen LogP contribution < -0.4 is 5.32 Å². The minimum absolute atomic E-state index is 0.0260. The maximum absolute atomic E-state index is 12.1. The quantitative estimate of drug-likeness (QED) is 0.907. The molecule has 19 heavy (non-hydrogen) atoms. The second kappa shape index (κ2) is 6.64. The number of thioether (sulfide) groups is 1. The summed E-state index contributed by atoms with van der Waals surface area (Å²) in [6, 6.07) is 7.98. The Morgan fingerprint density at radius 3 is 2.74 bits per heavy atom. The summed E-state index contributed by atoms with van der Waals surface area (Å²) in [6.45, 7) is 2.55. The van der Waals surface area contributed by atoms with Gasteiger partial charge in [0.2, 0.25) is 5.91 Å². The zero-order valence-electron chi connectivity index (χ0n) is 11.2. The van der Waals surface area contributed by atoms with Crippen LogP contribution in [0.1, 0.15) is 25.1 Å². The lowest BCUT2D eigenvalue weighted by molar-refractivity contribution is -0.130. The Morgan fingerprint density at radius 2 is 2.16 bits per heavy atom. The van der Waals surface area contributed by atoms with Crippen molar-refractivity contribution in [1.29, 1.82) is 0 Å². The number of hydrogen-bond acceptors (Lipinski definition) is 3. The first-order chi connectivity index (χ1) is 9.17. The lowest BCUT2D eigenvalue weighted by Gasteiger charge is -2.32. The number of amides is 1. The van der Waals surface area contributed by atoms with Gasteiger partial charge in [-0.2, -0.15) is 11.8 Å². The molecule has 5 heteroatoms. The third kappa shape index (κ3) is 3.25. The summed E-state index contributed by atoms with van der Waals surface area (Å²) >= 11 is 7.70. The van der Waals surface area contributed by atoms with Crippen LogP contribution in [0.2, 0.25) is 5.02 Å². The summed E-state index contributed by atoms with van der Waals surface area (Å²) < 4.78 is 0. The lowest BCUT2D eigenvalue weighted by atomic mass is 10.1. The van der Waals surface area contributed by atoms with Crippen molar-refractivity contribution >= 4 is 29.3 Å². The molecule has 1 aliphatic rings. The van der Waals surface area contributed by atoms with E-state index in [4.69, 9.17) is 11.6 Å². The van der Waals surface area contributed by atoms with Crippen molar-refractivity contribution in [2.24, 2.45) is 0 Å². The van der Waals surface area contributed by atoms with Crippen LogP contribution in [-0.4, -0.2) is 35.4 Å². The standard InChI is InChI=1S/C14H19ClN2OS/c1-3-12(9-19-2)17-13(18)8-16-14(17)10-4-6-11(15)7-5-10/h4-7,12,14,16H,3,8-9H2,1-2H3. The van der Waals surface area contributed by atoms with Crippen molar-refractivity contribution in [2.75, 3.05) is 18.6 Å². The first-order valence-electron chi connectivity index (χ1n) is 6.46. The summed E-state index contributed by atoms with van der Waals surface area (Å²) in [5.41, 5.74) is 1.09. The monoisotopic (exact) mass is 298 g/mol. The topological polar surface area (TPSA) is 32.3 Å². The van der Waals surface area contributed by atoms with Crippen LogP contribution in [0.25, 0.3) is 0 Å². The van der Waals surface area contributed by atoms with Crippen molar-refractivity contribution < 1.29 is 4.79 Å². The predicted molar refractivity (Wildman–Crippen MR) is 81.5 cm³/mol. The Kier molecular flexibility index (Phi) is 5.13. The molecule has 0 aromatic heterocycles. The highest BCUT2D eigenvalue weighted by molar-refractivity contribution is 7.98. The van der Waals surface area contributed by atoms with Crippen molar-refractivity contribution in [1.82, 2.24) is 10.2 Å². The van der Waals surface area contributed by atoms with Gasteiger partial charge in [-0.3, -0.25) is 10.1 Å². The van der Waals surface area contributed by atoms with Gasteiger partial charge < -0.3 is 4.90 Å². The molecule has 2 rings (SSSR count). The maximum atomic E-state index is 12.1. The van der Waals surface area contributed by atoms with E-state index in [1.807, 2.05) is 29.2 Å². The van der Waals surface area contributed by atoms with Crippen LogP contribution in [0.5, 0.6) is 0 Å². The Labute approximate surface area is 123 Å². The van der Waals surface area contributed by atoms with Crippen molar-refractivity contribution in [3.63, 3.8) is 0 Å². The second-order valence-corrected chi connectivity index (χ2v) is 6.00. The fraction of sp³-hybridized carbons (Fsp3) is 0.500. The molecule has 1 aliphatic heterocycles. The number of carbonyl (C=O) groups is 1. The summed E-state index contributed by atoms with van der Waals surface area (Å²) in [5.74, 6) is 1.15. The zero-order chi connectivity index (χ0) is 13.8. The molecule has 1 aromatic carbocycles. The fourth-order valence-corrected chi connectivity index (χ4v) is 3.35. The van der Waals surface area contributed by atoms with Gasteiger partial charge in [-0.1, -0.05) is 30.7 Å². The normalized spacial score (nSPS) is 20.9. The third-order valence-electron chi connectivity index (χ3n) is 3.42. The Bertz CT molecular complexity index is 438. The van der Waals surface area contributed by atoms with Gasteiger partial charge in [0.05, 0.1) is 6.54 Å². The van der Waals surface area contributed by atoms with Crippen molar-refractivity contribution in [2.45, 2.75) is 25.6 Å². The van der Waals surface area contributed by atoms with E-state index in [0.29, 0.717) is 6.54 Å². The molecule has 1 fully saturated rings. The van der Waals surface area contributed by atoms with E-state index in [1.54, 1.807) is 11.8 Å². The summed E-state index contributed by atoms with van der Waals surface area (Å²) in [6.07, 6.45) is 3.02. The number of hydrogen-bond donors (Lipinski definition) is 1. The van der Waals surface area contributed by atoms with Crippen LogP contribution in [0.3, 0.4) is 0 Å². The van der Waals surface area contributed by atoms with E-state index in [2.05, 4.69) is 18.5 Å². The van der Waals surface area contributed by atoms with E-state index in [9.17, 15) is 4.79 Å². The molecule has 1 amide bonds. The number of rotatable bonds is 5. The maximum Gasteiger partial charge on any atom is 0.238 e. The molecule has 104 valence electrons. The van der Waals surface area contributed by atoms with Crippen LogP contribution in [0, 0.1) is 0 Å². The summed E-state index contributed by atoms with van der Waals surface area (Å²) in [5, 5.41) is 4.01. The largest absolute Gasteiger partial charge is 0.318 e. The number of carbonyl (C=O) groups excluding carboxylic acids is 1. The minimum atomic E-state index is -0.0260. The van der Waals surface area contributed by atoms with Gasteiger partial charge in [0, 0.05) is 16.8 Å². The molecule has 2 atom stereocenters. The number of nitrogens with zero attached hydrogens (tertiary/aromatic N) is 1. The van der Waals surface area contributed by atoms with Crippen LogP contribution in [0.15, 0.2) is 24.3 Å². The first kappa shape index (κ1) is 14.7. The van der Waals surface area contributed by atoms with E-state index < -0.39 is 0 Å². The van der Waals surface area contributed by atoms with Gasteiger partial charge >= 0.3 is 0 Å². The molecular weight excluding hydrogens is 280 g/mol. The van der Waals surface area contributed by atoms with Crippen LogP contribution in [0.4, 0.5) is 0 Å². The Morgan fingerprint density at radius 1 is 1.47 bits per heavy atom. The van der Waals surface area contributed by atoms with Gasteiger partial charge in [0.15, 0.2) is 0 Å². The predicted octanol–water partition coefficient (Wildman–Crippen LogP) is 2.91.